The summed E-state index contributed by atoms with van der Waals surface area (Å²) in [4.78, 5) is 58.3. The number of hydrogen-bond acceptors (Lipinski definition) is 8. The van der Waals surface area contributed by atoms with Gasteiger partial charge in [0.1, 0.15) is 11.6 Å². The van der Waals surface area contributed by atoms with Gasteiger partial charge in [-0.25, -0.2) is 9.97 Å². The number of aromatic nitrogens is 12. The molecule has 322 valence electrons. The fraction of sp³-hybridized carbons (Fsp3) is 0.125. The summed E-state index contributed by atoms with van der Waals surface area (Å²) in [6.45, 7) is 3.55. The van der Waals surface area contributed by atoms with Gasteiger partial charge >= 0.3 is 34.1 Å². The summed E-state index contributed by atoms with van der Waals surface area (Å²) in [6, 6.07) is 47.9. The second-order valence-electron chi connectivity index (χ2n) is 15.2. The van der Waals surface area contributed by atoms with Crippen molar-refractivity contribution in [2.24, 2.45) is 0 Å². The first-order valence-corrected chi connectivity index (χ1v) is 20.5. The van der Waals surface area contributed by atoms with Crippen molar-refractivity contribution in [3.8, 4) is 0 Å². The molecule has 17 heteroatoms. The normalized spacial score (nSPS) is 11.4. The Kier molecular flexibility index (Phi) is 13.6. The first-order valence-electron chi connectivity index (χ1n) is 20.5. The molecule has 0 bridgehead atoms. The minimum absolute atomic E-state index is 0. The van der Waals surface area contributed by atoms with Crippen LogP contribution in [0.3, 0.4) is 0 Å². The van der Waals surface area contributed by atoms with Gasteiger partial charge in [-0.15, -0.1) is 0 Å². The summed E-state index contributed by atoms with van der Waals surface area (Å²) in [7, 11) is 0. The van der Waals surface area contributed by atoms with Gasteiger partial charge in [-0.3, -0.25) is 9.80 Å². The molecule has 12 rings (SSSR count). The Morgan fingerprint density at radius 1 is 0.323 bits per heavy atom. The van der Waals surface area contributed by atoms with Crippen molar-refractivity contribution in [2.75, 3.05) is 0 Å². The van der Waals surface area contributed by atoms with Gasteiger partial charge < -0.3 is 55.3 Å². The number of benzene rings is 6. The van der Waals surface area contributed by atoms with Crippen LogP contribution in [0.5, 0.6) is 0 Å². The van der Waals surface area contributed by atoms with E-state index >= 15 is 0 Å². The van der Waals surface area contributed by atoms with E-state index in [1.54, 1.807) is 0 Å². The predicted molar refractivity (Wildman–Crippen MR) is 242 cm³/mol. The average molecular weight is 941 g/mol. The first-order chi connectivity index (χ1) is 30.6. The summed E-state index contributed by atoms with van der Waals surface area (Å²) in [5.74, 6) is 4.94. The predicted octanol–water partition coefficient (Wildman–Crippen LogP) is 6.72. The number of fused-ring (bicyclic) bond motifs is 6. The van der Waals surface area contributed by atoms with Crippen LogP contribution in [-0.4, -0.2) is 55.1 Å². The monoisotopic (exact) mass is 940 g/mol. The number of aromatic amines is 2. The number of para-hydroxylation sites is 12. The molecule has 6 heterocycles. The van der Waals surface area contributed by atoms with E-state index in [2.05, 4.69) is 19.8 Å². The maximum Gasteiger partial charge on any atom is 3.00 e. The molecular formula is C48H40Fe2N14O+2. The number of imidazole rings is 6. The Balaban J connectivity index is 0.000000169. The molecule has 0 saturated carbocycles. The molecule has 0 fully saturated rings. The van der Waals surface area contributed by atoms with Crippen molar-refractivity contribution >= 4 is 66.2 Å². The van der Waals surface area contributed by atoms with Gasteiger partial charge in [-0.1, -0.05) is 145 Å². The molecule has 0 atom stereocenters. The second-order valence-corrected chi connectivity index (χ2v) is 15.2. The maximum absolute atomic E-state index is 4.74. The van der Waals surface area contributed by atoms with Crippen molar-refractivity contribution < 1.29 is 39.6 Å². The van der Waals surface area contributed by atoms with E-state index in [0.29, 0.717) is 39.3 Å². The molecule has 0 amide bonds. The summed E-state index contributed by atoms with van der Waals surface area (Å²) in [6.07, 6.45) is 0. The van der Waals surface area contributed by atoms with Crippen LogP contribution in [0.15, 0.2) is 146 Å². The largest absolute Gasteiger partial charge is 3.00 e. The van der Waals surface area contributed by atoms with Crippen molar-refractivity contribution in [1.29, 1.82) is 0 Å². The van der Waals surface area contributed by atoms with E-state index in [-0.39, 0.29) is 39.6 Å². The van der Waals surface area contributed by atoms with Crippen LogP contribution >= 0.6 is 0 Å². The zero-order valence-electron chi connectivity index (χ0n) is 34.7. The van der Waals surface area contributed by atoms with Crippen molar-refractivity contribution in [3.05, 3.63) is 181 Å². The summed E-state index contributed by atoms with van der Waals surface area (Å²) >= 11 is 0. The molecular weight excluding hydrogens is 900 g/mol. The van der Waals surface area contributed by atoms with Crippen LogP contribution in [0.25, 0.3) is 66.2 Å². The number of rotatable bonds is 12. The van der Waals surface area contributed by atoms with Crippen LogP contribution in [0.2, 0.25) is 0 Å². The minimum Gasteiger partial charge on any atom is -0.438 e. The van der Waals surface area contributed by atoms with Crippen molar-refractivity contribution in [1.82, 2.24) is 69.6 Å². The zero-order chi connectivity index (χ0) is 41.2. The van der Waals surface area contributed by atoms with Crippen LogP contribution in [0.1, 0.15) is 34.9 Å². The standard InChI is InChI=1S/2C24H19N7.2Fe.H2O/c2*1-2-8-17-16(7-1)25-22(26-17)13-31(14-23-27-18-9-3-4-10-19(18)28-23)15-24-29-20-11-5-6-12-21(20)30-24;;;/h2*1-12H,13-15H2,(H-2,25,26,27,28,29,30);;;1H2/q2*-2;2*+3;. The minimum atomic E-state index is 0. The van der Waals surface area contributed by atoms with Gasteiger partial charge in [-0.05, 0) is 68.4 Å². The van der Waals surface area contributed by atoms with Gasteiger partial charge in [0.25, 0.3) is 0 Å². The first kappa shape index (κ1) is 44.7. The maximum atomic E-state index is 4.74. The molecule has 0 spiro atoms. The van der Waals surface area contributed by atoms with Crippen LogP contribution in [-0.2, 0) is 73.4 Å². The molecule has 6 aromatic heterocycles. The zero-order valence-corrected chi connectivity index (χ0v) is 36.9. The fourth-order valence-electron chi connectivity index (χ4n) is 7.83. The number of nitrogens with zero attached hydrogens (tertiary/aromatic N) is 12. The van der Waals surface area contributed by atoms with E-state index in [9.17, 15) is 0 Å². The molecule has 0 aliphatic heterocycles. The summed E-state index contributed by atoms with van der Waals surface area (Å²) in [5.41, 5.74) is 11.3. The van der Waals surface area contributed by atoms with Gasteiger partial charge in [0.15, 0.2) is 0 Å². The van der Waals surface area contributed by atoms with Gasteiger partial charge in [-0.2, -0.15) is 0 Å². The van der Waals surface area contributed by atoms with E-state index in [1.165, 1.54) is 0 Å². The van der Waals surface area contributed by atoms with Gasteiger partial charge in [0.05, 0.1) is 35.2 Å². The number of H-pyrrole nitrogens is 2. The second kappa shape index (κ2) is 19.8. The van der Waals surface area contributed by atoms with Gasteiger partial charge in [0.2, 0.25) is 0 Å². The van der Waals surface area contributed by atoms with Crippen LogP contribution < -0.4 is 19.9 Å². The SMILES string of the molecule is O.[Fe+3].[Fe+3].c1ccc2[n-]c(CN(Cc3nc4ccccc4[n-]3)Cc3nc4ccccc4[nH]3)nc2c1.c1ccc2[n-]c(CN(Cc3nc4ccccc4[n-]3)Cc3nc4ccccc4[nH]3)nc2c1. The third-order valence-electron chi connectivity index (χ3n) is 10.6. The summed E-state index contributed by atoms with van der Waals surface area (Å²) < 4.78 is 0. The quantitative estimate of drug-likeness (QED) is 0.123. The van der Waals surface area contributed by atoms with E-state index in [4.69, 9.17) is 49.8 Å². The molecule has 0 unspecified atom stereocenters. The number of hydrogen-bond donors (Lipinski definition) is 2. The molecule has 0 saturated heterocycles. The molecule has 2 radical (unpaired) electrons. The van der Waals surface area contributed by atoms with Crippen molar-refractivity contribution in [2.45, 2.75) is 39.3 Å². The fourth-order valence-corrected chi connectivity index (χ4v) is 7.83. The van der Waals surface area contributed by atoms with E-state index in [1.807, 2.05) is 146 Å². The molecule has 4 N–H and O–H groups in total. The topological polar surface area (TPSA) is 203 Å². The molecule has 0 aliphatic carbocycles. The molecule has 0 aliphatic rings. The molecule has 65 heavy (non-hydrogen) atoms. The third kappa shape index (κ3) is 10.1. The Morgan fingerprint density at radius 3 is 0.862 bits per heavy atom. The Morgan fingerprint density at radius 2 is 0.585 bits per heavy atom. The summed E-state index contributed by atoms with van der Waals surface area (Å²) in [5, 5.41) is 0. The Bertz CT molecular complexity index is 2670. The van der Waals surface area contributed by atoms with Crippen LogP contribution in [0, 0.1) is 0 Å². The van der Waals surface area contributed by atoms with E-state index < -0.39 is 0 Å². The molecule has 6 aromatic carbocycles. The Labute approximate surface area is 393 Å². The van der Waals surface area contributed by atoms with Crippen molar-refractivity contribution in [3.63, 3.8) is 0 Å². The average Bonchev–Trinajstić information content (AvgIpc) is 4.15. The molecule has 12 aromatic rings. The smallest absolute Gasteiger partial charge is 0.438 e. The number of nitrogens with one attached hydrogen (secondary N) is 2. The van der Waals surface area contributed by atoms with E-state index in [0.717, 1.165) is 101 Å². The molecule has 15 nitrogen and oxygen atoms in total. The van der Waals surface area contributed by atoms with Gasteiger partial charge in [0, 0.05) is 26.2 Å². The Hall–Kier alpha value is -6.94. The van der Waals surface area contributed by atoms with Crippen LogP contribution in [0.4, 0.5) is 0 Å². The third-order valence-corrected chi connectivity index (χ3v) is 10.6.